The Morgan fingerprint density at radius 3 is 2.15 bits per heavy atom. The van der Waals surface area contributed by atoms with Gasteiger partial charge in [0.25, 0.3) is 0 Å². The van der Waals surface area contributed by atoms with Crippen molar-refractivity contribution in [2.45, 2.75) is 32.0 Å². The molecule has 0 amide bonds. The summed E-state index contributed by atoms with van der Waals surface area (Å²) in [5.74, 6) is -2.96. The molecule has 0 aliphatic rings. The van der Waals surface area contributed by atoms with E-state index in [0.29, 0.717) is 0 Å². The van der Waals surface area contributed by atoms with Crippen LogP contribution in [0.2, 0.25) is 0 Å². The molecule has 0 saturated carbocycles. The molecule has 0 aromatic carbocycles. The smallest absolute Gasteiger partial charge is 0.542 e. The molecule has 0 spiro atoms. The molecule has 0 bridgehead atoms. The maximum absolute atomic E-state index is 10.4. The molecule has 0 unspecified atom stereocenters. The summed E-state index contributed by atoms with van der Waals surface area (Å²) < 4.78 is 0. The first-order valence-electron chi connectivity index (χ1n) is 3.53. The molecule has 2 atom stereocenters. The van der Waals surface area contributed by atoms with Gasteiger partial charge in [0, 0.05) is 6.42 Å². The number of carboxylic acid groups (broad SMARTS) is 1. The number of aliphatic hydroxyl groups excluding tert-OH is 2. The number of rotatable bonds is 5. The van der Waals surface area contributed by atoms with Crippen LogP contribution < -0.4 is 34.7 Å². The third-order valence-corrected chi connectivity index (χ3v) is 1.26. The molecule has 0 radical (unpaired) electrons. The Hall–Kier alpha value is 0.0600. The predicted octanol–water partition coefficient (Wildman–Crippen LogP) is -5.17. The summed E-state index contributed by atoms with van der Waals surface area (Å²) in [7, 11) is 0. The van der Waals surface area contributed by atoms with Crippen molar-refractivity contribution >= 4 is 11.8 Å². The molecule has 6 heteroatoms. The van der Waals surface area contributed by atoms with Gasteiger partial charge in [0.05, 0.1) is 12.2 Å². The van der Waals surface area contributed by atoms with Gasteiger partial charge >= 0.3 is 29.6 Å². The van der Waals surface area contributed by atoms with Crippen molar-refractivity contribution in [1.29, 1.82) is 0 Å². The minimum Gasteiger partial charge on any atom is -0.542 e. The first-order valence-corrected chi connectivity index (χ1v) is 3.53. The largest absolute Gasteiger partial charge is 1.00 e. The van der Waals surface area contributed by atoms with Crippen molar-refractivity contribution in [3.05, 3.63) is 0 Å². The third kappa shape index (κ3) is 8.39. The number of carbonyl (C=O) groups excluding carboxylic acids is 2. The summed E-state index contributed by atoms with van der Waals surface area (Å²) >= 11 is 0. The quantitative estimate of drug-likeness (QED) is 0.340. The van der Waals surface area contributed by atoms with Crippen molar-refractivity contribution in [2.24, 2.45) is 0 Å². The predicted molar refractivity (Wildman–Crippen MR) is 36.9 cm³/mol. The molecule has 0 saturated heterocycles. The van der Waals surface area contributed by atoms with Crippen molar-refractivity contribution in [2.75, 3.05) is 0 Å². The fraction of sp³-hybridized carbons (Fsp3) is 0.714. The van der Waals surface area contributed by atoms with Crippen molar-refractivity contribution < 1.29 is 54.5 Å². The summed E-state index contributed by atoms with van der Waals surface area (Å²) in [6, 6.07) is 0. The molecule has 0 heterocycles. The number of aliphatic hydroxyl groups is 2. The van der Waals surface area contributed by atoms with E-state index in [9.17, 15) is 14.7 Å². The molecule has 2 N–H and O–H groups in total. The van der Waals surface area contributed by atoms with Gasteiger partial charge in [0.2, 0.25) is 0 Å². The van der Waals surface area contributed by atoms with Crippen LogP contribution in [0.3, 0.4) is 0 Å². The Balaban J connectivity index is 0. The van der Waals surface area contributed by atoms with E-state index in [1.165, 1.54) is 6.92 Å². The molecule has 0 aliphatic heterocycles. The van der Waals surface area contributed by atoms with Gasteiger partial charge in [-0.1, -0.05) is 0 Å². The van der Waals surface area contributed by atoms with E-state index in [-0.39, 0.29) is 36.0 Å². The van der Waals surface area contributed by atoms with Crippen LogP contribution in [0.15, 0.2) is 0 Å². The van der Waals surface area contributed by atoms with Crippen LogP contribution in [-0.4, -0.2) is 34.2 Å². The van der Waals surface area contributed by atoms with Gasteiger partial charge < -0.3 is 20.1 Å². The Morgan fingerprint density at radius 2 is 1.85 bits per heavy atom. The van der Waals surface area contributed by atoms with Gasteiger partial charge in [-0.05, 0) is 13.3 Å². The second-order valence-electron chi connectivity index (χ2n) is 2.65. The van der Waals surface area contributed by atoms with Crippen LogP contribution in [0.4, 0.5) is 0 Å². The van der Waals surface area contributed by atoms with Crippen LogP contribution in [0.25, 0.3) is 0 Å². The van der Waals surface area contributed by atoms with E-state index in [1.807, 2.05) is 0 Å². The summed E-state index contributed by atoms with van der Waals surface area (Å²) in [6.07, 6.45) is -2.39. The van der Waals surface area contributed by atoms with Crippen LogP contribution in [-0.2, 0) is 9.59 Å². The van der Waals surface area contributed by atoms with Gasteiger partial charge in [-0.15, -0.1) is 0 Å². The number of hydrogen-bond acceptors (Lipinski definition) is 5. The number of aliphatic carboxylic acids is 1. The SMILES string of the molecule is C[C@H](O)C[C@@H](O)CC(=O)C(=O)[O-].[Na+]. The van der Waals surface area contributed by atoms with Crippen LogP contribution >= 0.6 is 0 Å². The van der Waals surface area contributed by atoms with E-state index in [0.717, 1.165) is 0 Å². The first-order chi connectivity index (χ1) is 5.43. The molecule has 0 rings (SSSR count). The zero-order valence-electron chi connectivity index (χ0n) is 7.69. The Morgan fingerprint density at radius 1 is 1.38 bits per heavy atom. The summed E-state index contributed by atoms with van der Waals surface area (Å²) in [4.78, 5) is 20.3. The molecule has 0 fully saturated rings. The van der Waals surface area contributed by atoms with Gasteiger partial charge in [-0.2, -0.15) is 0 Å². The zero-order chi connectivity index (χ0) is 9.72. The molecular formula is C7H11NaO5. The van der Waals surface area contributed by atoms with E-state index in [1.54, 1.807) is 0 Å². The average Bonchev–Trinajstić information content (AvgIpc) is 1.84. The van der Waals surface area contributed by atoms with E-state index >= 15 is 0 Å². The fourth-order valence-corrected chi connectivity index (χ4v) is 0.774. The van der Waals surface area contributed by atoms with Gasteiger partial charge in [0.1, 0.15) is 5.97 Å². The topological polar surface area (TPSA) is 97.7 Å². The molecule has 70 valence electrons. The summed E-state index contributed by atoms with van der Waals surface area (Å²) in [5.41, 5.74) is 0. The fourth-order valence-electron chi connectivity index (χ4n) is 0.774. The second-order valence-corrected chi connectivity index (χ2v) is 2.65. The Kier molecular flexibility index (Phi) is 8.91. The van der Waals surface area contributed by atoms with E-state index < -0.39 is 30.4 Å². The van der Waals surface area contributed by atoms with Crippen molar-refractivity contribution in [1.82, 2.24) is 0 Å². The van der Waals surface area contributed by atoms with E-state index in [2.05, 4.69) is 0 Å². The normalized spacial score (nSPS) is 14.1. The zero-order valence-corrected chi connectivity index (χ0v) is 9.69. The average molecular weight is 198 g/mol. The van der Waals surface area contributed by atoms with E-state index in [4.69, 9.17) is 10.2 Å². The summed E-state index contributed by atoms with van der Waals surface area (Å²) in [6.45, 7) is 1.44. The Bertz CT molecular complexity index is 180. The van der Waals surface area contributed by atoms with Crippen molar-refractivity contribution in [3.8, 4) is 0 Å². The molecule has 0 aromatic rings. The number of carbonyl (C=O) groups is 2. The van der Waals surface area contributed by atoms with Gasteiger partial charge in [-0.25, -0.2) is 0 Å². The Labute approximate surface area is 98.0 Å². The molecular weight excluding hydrogens is 187 g/mol. The second kappa shape index (κ2) is 7.46. The molecule has 0 aromatic heterocycles. The number of ketones is 1. The maximum Gasteiger partial charge on any atom is 1.00 e. The molecule has 13 heavy (non-hydrogen) atoms. The maximum atomic E-state index is 10.4. The minimum atomic E-state index is -1.81. The monoisotopic (exact) mass is 198 g/mol. The standard InChI is InChI=1S/C7H12O5.Na/c1-4(8)2-5(9)3-6(10)7(11)12;/h4-5,8-9H,2-3H2,1H3,(H,11,12);/q;+1/p-1/t4-,5+;/m0./s1. The number of Topliss-reactive ketones (excluding diaryl/α,β-unsaturated/α-hetero) is 1. The van der Waals surface area contributed by atoms with Crippen LogP contribution in [0.5, 0.6) is 0 Å². The third-order valence-electron chi connectivity index (χ3n) is 1.26. The molecule has 0 aliphatic carbocycles. The first kappa shape index (κ1) is 15.5. The van der Waals surface area contributed by atoms with Gasteiger partial charge in [0.15, 0.2) is 5.78 Å². The van der Waals surface area contributed by atoms with Crippen molar-refractivity contribution in [3.63, 3.8) is 0 Å². The van der Waals surface area contributed by atoms with Crippen LogP contribution in [0, 0.1) is 0 Å². The number of carboxylic acids is 1. The minimum absolute atomic E-state index is 0. The molecule has 5 nitrogen and oxygen atoms in total. The van der Waals surface area contributed by atoms with Crippen LogP contribution in [0.1, 0.15) is 19.8 Å². The number of hydrogen-bond donors (Lipinski definition) is 2. The summed E-state index contributed by atoms with van der Waals surface area (Å²) in [5, 5.41) is 27.6. The van der Waals surface area contributed by atoms with Gasteiger partial charge in [-0.3, -0.25) is 4.79 Å².